The van der Waals surface area contributed by atoms with Crippen molar-refractivity contribution in [2.24, 2.45) is 9.50 Å². The van der Waals surface area contributed by atoms with E-state index in [-0.39, 0.29) is 0 Å². The molecule has 2 aromatic carbocycles. The Bertz CT molecular complexity index is 919. The minimum Gasteiger partial charge on any atom is -0.361 e. The highest BCUT2D eigenvalue weighted by Crippen LogP contribution is 2.23. The van der Waals surface area contributed by atoms with E-state index in [4.69, 9.17) is 5.14 Å². The number of rotatable bonds is 5. The van der Waals surface area contributed by atoms with Gasteiger partial charge in [0.05, 0.1) is 10.6 Å². The van der Waals surface area contributed by atoms with Crippen molar-refractivity contribution in [2.75, 3.05) is 0 Å². The molecule has 1 atom stereocenters. The van der Waals surface area contributed by atoms with Crippen LogP contribution < -0.4 is 5.14 Å². The standard InChI is InChI=1S/C18H21N3OS/c1-2-3-4-14-5-8-17(9-6-14)23(19,22)21-16-7-10-18-15(13-16)11-12-20-18/h5-13,20H,2-4H2,1H3,(H2,19,21,22). The highest BCUT2D eigenvalue weighted by atomic mass is 32.2. The summed E-state index contributed by atoms with van der Waals surface area (Å²) < 4.78 is 17.0. The lowest BCUT2D eigenvalue weighted by molar-refractivity contribution is 0.678. The van der Waals surface area contributed by atoms with Gasteiger partial charge in [-0.15, -0.1) is 0 Å². The molecule has 3 rings (SSSR count). The molecule has 5 heteroatoms. The minimum absolute atomic E-state index is 0.562. The third-order valence-corrected chi connectivity index (χ3v) is 5.29. The van der Waals surface area contributed by atoms with Crippen LogP contribution in [-0.2, 0) is 16.3 Å². The van der Waals surface area contributed by atoms with Crippen LogP contribution in [0, 0.1) is 0 Å². The van der Waals surface area contributed by atoms with Crippen LogP contribution in [0.2, 0.25) is 0 Å². The number of aromatic amines is 1. The number of aryl methyl sites for hydroxylation is 1. The van der Waals surface area contributed by atoms with Crippen molar-refractivity contribution in [1.82, 2.24) is 4.98 Å². The van der Waals surface area contributed by atoms with Gasteiger partial charge in [-0.1, -0.05) is 25.5 Å². The number of aromatic nitrogens is 1. The number of hydrogen-bond acceptors (Lipinski definition) is 2. The molecule has 0 saturated carbocycles. The van der Waals surface area contributed by atoms with Crippen LogP contribution in [-0.4, -0.2) is 9.19 Å². The topological polar surface area (TPSA) is 71.2 Å². The molecule has 3 N–H and O–H groups in total. The minimum atomic E-state index is -2.94. The molecule has 0 bridgehead atoms. The molecule has 1 aromatic heterocycles. The number of fused-ring (bicyclic) bond motifs is 1. The molecule has 0 saturated heterocycles. The lowest BCUT2D eigenvalue weighted by atomic mass is 10.1. The molecule has 23 heavy (non-hydrogen) atoms. The largest absolute Gasteiger partial charge is 0.361 e. The fourth-order valence-electron chi connectivity index (χ4n) is 2.54. The molecule has 1 unspecified atom stereocenters. The molecule has 0 amide bonds. The summed E-state index contributed by atoms with van der Waals surface area (Å²) in [6.07, 6.45) is 5.21. The van der Waals surface area contributed by atoms with Gasteiger partial charge in [-0.25, -0.2) is 9.35 Å². The number of nitrogens with one attached hydrogen (secondary N) is 1. The molecule has 0 aliphatic heterocycles. The summed E-state index contributed by atoms with van der Waals surface area (Å²) in [6.45, 7) is 2.17. The third-order valence-electron chi connectivity index (χ3n) is 3.86. The van der Waals surface area contributed by atoms with Crippen LogP contribution >= 0.6 is 0 Å². The first-order chi connectivity index (χ1) is 11.1. The average molecular weight is 327 g/mol. The van der Waals surface area contributed by atoms with Crippen LogP contribution in [0.25, 0.3) is 10.9 Å². The van der Waals surface area contributed by atoms with Gasteiger partial charge in [0.1, 0.15) is 9.92 Å². The number of nitrogens with zero attached hydrogens (tertiary/aromatic N) is 1. The first-order valence-electron chi connectivity index (χ1n) is 7.79. The molecular weight excluding hydrogens is 306 g/mol. The lowest BCUT2D eigenvalue weighted by Crippen LogP contribution is -2.11. The van der Waals surface area contributed by atoms with E-state index < -0.39 is 9.92 Å². The van der Waals surface area contributed by atoms with Crippen molar-refractivity contribution in [2.45, 2.75) is 31.1 Å². The second-order valence-corrected chi connectivity index (χ2v) is 7.45. The van der Waals surface area contributed by atoms with Crippen molar-refractivity contribution in [3.05, 3.63) is 60.3 Å². The first-order valence-corrected chi connectivity index (χ1v) is 9.37. The Kier molecular flexibility index (Phi) is 4.50. The maximum Gasteiger partial charge on any atom is 0.139 e. The summed E-state index contributed by atoms with van der Waals surface area (Å²) in [5.41, 5.74) is 2.88. The quantitative estimate of drug-likeness (QED) is 0.709. The SMILES string of the molecule is CCCCc1ccc(S(N)(=O)=Nc2ccc3[nH]ccc3c2)cc1. The Morgan fingerprint density at radius 1 is 1.13 bits per heavy atom. The fourth-order valence-corrected chi connectivity index (χ4v) is 3.60. The second-order valence-electron chi connectivity index (χ2n) is 5.66. The van der Waals surface area contributed by atoms with E-state index in [1.54, 1.807) is 0 Å². The molecule has 1 heterocycles. The molecule has 0 radical (unpaired) electrons. The number of hydrogen-bond donors (Lipinski definition) is 2. The Morgan fingerprint density at radius 3 is 2.65 bits per heavy atom. The fraction of sp³-hybridized carbons (Fsp3) is 0.222. The van der Waals surface area contributed by atoms with Gasteiger partial charge < -0.3 is 4.98 Å². The van der Waals surface area contributed by atoms with E-state index >= 15 is 0 Å². The zero-order chi connectivity index (χ0) is 16.3. The number of nitrogens with two attached hydrogens (primary N) is 1. The Hall–Kier alpha value is -2.11. The Balaban J connectivity index is 1.91. The van der Waals surface area contributed by atoms with Gasteiger partial charge in [0.25, 0.3) is 0 Å². The van der Waals surface area contributed by atoms with E-state index in [1.165, 1.54) is 5.56 Å². The van der Waals surface area contributed by atoms with Gasteiger partial charge in [0.2, 0.25) is 0 Å². The van der Waals surface area contributed by atoms with E-state index in [2.05, 4.69) is 16.3 Å². The third kappa shape index (κ3) is 3.63. The van der Waals surface area contributed by atoms with Gasteiger partial charge in [-0.05, 0) is 54.8 Å². The molecule has 0 spiro atoms. The smallest absolute Gasteiger partial charge is 0.139 e. The lowest BCUT2D eigenvalue weighted by Gasteiger charge is -2.06. The second kappa shape index (κ2) is 6.56. The highest BCUT2D eigenvalue weighted by molar-refractivity contribution is 7.91. The molecule has 0 fully saturated rings. The average Bonchev–Trinajstić information content (AvgIpc) is 3.00. The van der Waals surface area contributed by atoms with Crippen molar-refractivity contribution >= 4 is 26.5 Å². The normalized spacial score (nSPS) is 13.8. The summed E-state index contributed by atoms with van der Waals surface area (Å²) in [4.78, 5) is 3.68. The number of H-pyrrole nitrogens is 1. The summed E-state index contributed by atoms with van der Waals surface area (Å²) >= 11 is 0. The Morgan fingerprint density at radius 2 is 1.91 bits per heavy atom. The van der Waals surface area contributed by atoms with Gasteiger partial charge in [-0.2, -0.15) is 4.36 Å². The predicted molar refractivity (Wildman–Crippen MR) is 96.0 cm³/mol. The van der Waals surface area contributed by atoms with E-state index in [0.717, 1.165) is 30.2 Å². The van der Waals surface area contributed by atoms with Crippen LogP contribution in [0.15, 0.2) is 64.0 Å². The highest BCUT2D eigenvalue weighted by Gasteiger charge is 2.07. The molecule has 4 nitrogen and oxygen atoms in total. The molecule has 0 aliphatic rings. The van der Waals surface area contributed by atoms with Crippen molar-refractivity contribution in [1.29, 1.82) is 0 Å². The first kappa shape index (κ1) is 15.8. The van der Waals surface area contributed by atoms with E-state index in [9.17, 15) is 4.21 Å². The molecular formula is C18H21N3OS. The summed E-state index contributed by atoms with van der Waals surface area (Å²) in [5.74, 6) is 0. The van der Waals surface area contributed by atoms with Crippen LogP contribution in [0.4, 0.5) is 5.69 Å². The van der Waals surface area contributed by atoms with Crippen molar-refractivity contribution in [3.8, 4) is 0 Å². The zero-order valence-corrected chi connectivity index (χ0v) is 14.0. The summed E-state index contributed by atoms with van der Waals surface area (Å²) in [6, 6.07) is 15.2. The van der Waals surface area contributed by atoms with Gasteiger partial charge in [-0.3, -0.25) is 0 Å². The van der Waals surface area contributed by atoms with Crippen LogP contribution in [0.5, 0.6) is 0 Å². The van der Waals surface area contributed by atoms with E-state index in [1.807, 2.05) is 54.7 Å². The Labute approximate surface area is 137 Å². The summed E-state index contributed by atoms with van der Waals surface area (Å²) in [5, 5.41) is 7.02. The molecule has 0 aliphatic carbocycles. The van der Waals surface area contributed by atoms with Crippen molar-refractivity contribution in [3.63, 3.8) is 0 Å². The number of benzene rings is 2. The maximum atomic E-state index is 12.8. The zero-order valence-electron chi connectivity index (χ0n) is 13.2. The van der Waals surface area contributed by atoms with E-state index in [0.29, 0.717) is 10.6 Å². The van der Waals surface area contributed by atoms with Crippen LogP contribution in [0.3, 0.4) is 0 Å². The number of unbranched alkanes of at least 4 members (excludes halogenated alkanes) is 1. The van der Waals surface area contributed by atoms with Gasteiger partial charge in [0, 0.05) is 17.1 Å². The summed E-state index contributed by atoms with van der Waals surface area (Å²) in [7, 11) is -2.94. The monoisotopic (exact) mass is 327 g/mol. The van der Waals surface area contributed by atoms with Crippen LogP contribution in [0.1, 0.15) is 25.3 Å². The molecule has 3 aromatic rings. The maximum absolute atomic E-state index is 12.8. The van der Waals surface area contributed by atoms with Gasteiger partial charge in [0.15, 0.2) is 0 Å². The van der Waals surface area contributed by atoms with Crippen molar-refractivity contribution < 1.29 is 4.21 Å². The molecule has 120 valence electrons. The van der Waals surface area contributed by atoms with Gasteiger partial charge >= 0.3 is 0 Å². The predicted octanol–water partition coefficient (Wildman–Crippen LogP) is 4.54.